The minimum atomic E-state index is 0.467. The maximum Gasteiger partial charge on any atom is 0.101 e. The highest BCUT2D eigenvalue weighted by atomic mass is 32.1. The highest BCUT2D eigenvalue weighted by Crippen LogP contribution is 2.42. The summed E-state index contributed by atoms with van der Waals surface area (Å²) >= 11 is 1.73. The van der Waals surface area contributed by atoms with Crippen LogP contribution in [0.1, 0.15) is 22.1 Å². The summed E-state index contributed by atoms with van der Waals surface area (Å²) in [4.78, 5) is 4.80. The van der Waals surface area contributed by atoms with E-state index in [-0.39, 0.29) is 0 Å². The molecule has 2 aromatic carbocycles. The molecule has 1 aliphatic rings. The first-order chi connectivity index (χ1) is 9.83. The van der Waals surface area contributed by atoms with Gasteiger partial charge in [-0.15, -0.1) is 11.3 Å². The molecule has 3 heteroatoms. The van der Waals surface area contributed by atoms with E-state index < -0.39 is 0 Å². The molecule has 1 atom stereocenters. The van der Waals surface area contributed by atoms with E-state index in [1.807, 2.05) is 24.3 Å². The lowest BCUT2D eigenvalue weighted by Gasteiger charge is -2.28. The summed E-state index contributed by atoms with van der Waals surface area (Å²) < 4.78 is 0. The van der Waals surface area contributed by atoms with E-state index in [0.717, 1.165) is 23.4 Å². The van der Waals surface area contributed by atoms with Gasteiger partial charge in [-0.1, -0.05) is 42.5 Å². The van der Waals surface area contributed by atoms with Crippen molar-refractivity contribution in [2.45, 2.75) is 12.3 Å². The number of fused-ring (bicyclic) bond motifs is 1. The van der Waals surface area contributed by atoms with E-state index in [1.165, 1.54) is 16.1 Å². The average Bonchev–Trinajstić information content (AvgIpc) is 2.90. The Morgan fingerprint density at radius 2 is 1.85 bits per heavy atom. The summed E-state index contributed by atoms with van der Waals surface area (Å²) in [6.45, 7) is 0. The van der Waals surface area contributed by atoms with Gasteiger partial charge in [-0.25, -0.2) is 4.98 Å². The summed E-state index contributed by atoms with van der Waals surface area (Å²) in [5, 5.41) is 3.31. The van der Waals surface area contributed by atoms with Crippen molar-refractivity contribution in [3.63, 3.8) is 0 Å². The second kappa shape index (κ2) is 4.46. The summed E-state index contributed by atoms with van der Waals surface area (Å²) in [7, 11) is 0. The minimum Gasteiger partial charge on any atom is -0.398 e. The average molecular weight is 278 g/mol. The Kier molecular flexibility index (Phi) is 2.60. The molecule has 0 saturated heterocycles. The number of aromatic nitrogens is 1. The predicted octanol–water partition coefficient (Wildman–Crippen LogP) is 4.08. The Bertz CT molecular complexity index is 776. The van der Waals surface area contributed by atoms with Gasteiger partial charge >= 0.3 is 0 Å². The molecule has 1 heterocycles. The Labute approximate surface area is 121 Å². The molecule has 0 amide bonds. The van der Waals surface area contributed by atoms with Crippen LogP contribution in [0.15, 0.2) is 53.9 Å². The van der Waals surface area contributed by atoms with Gasteiger partial charge in [0.25, 0.3) is 0 Å². The zero-order chi connectivity index (χ0) is 13.5. The van der Waals surface area contributed by atoms with E-state index in [0.29, 0.717) is 5.92 Å². The predicted molar refractivity (Wildman–Crippen MR) is 84.0 cm³/mol. The van der Waals surface area contributed by atoms with Gasteiger partial charge in [0.1, 0.15) is 5.01 Å². The Morgan fingerprint density at radius 3 is 2.70 bits per heavy atom. The van der Waals surface area contributed by atoms with Crippen LogP contribution in [0.5, 0.6) is 0 Å². The SMILES string of the molecule is Nc1ccccc1-c1csc(C2Cc3ccccc32)n1. The second-order valence-corrected chi connectivity index (χ2v) is 6.00. The standard InChI is InChI=1S/C17H14N2S/c18-15-8-4-3-7-13(15)16-10-20-17(19-16)14-9-11-5-1-2-6-12(11)14/h1-8,10,14H,9,18H2. The molecule has 0 aliphatic heterocycles. The van der Waals surface area contributed by atoms with Crippen molar-refractivity contribution in [1.82, 2.24) is 4.98 Å². The van der Waals surface area contributed by atoms with Crippen LogP contribution in [-0.4, -0.2) is 4.98 Å². The molecule has 0 bridgehead atoms. The fourth-order valence-electron chi connectivity index (χ4n) is 2.78. The van der Waals surface area contributed by atoms with E-state index in [4.69, 9.17) is 10.7 Å². The van der Waals surface area contributed by atoms with Crippen molar-refractivity contribution in [3.8, 4) is 11.3 Å². The van der Waals surface area contributed by atoms with Crippen LogP contribution in [0.3, 0.4) is 0 Å². The number of benzene rings is 2. The fourth-order valence-corrected chi connectivity index (χ4v) is 3.72. The number of rotatable bonds is 2. The normalized spacial score (nSPS) is 16.5. The molecule has 1 unspecified atom stereocenters. The zero-order valence-corrected chi connectivity index (χ0v) is 11.7. The fraction of sp³-hybridized carbons (Fsp3) is 0.118. The number of hydrogen-bond donors (Lipinski definition) is 1. The van der Waals surface area contributed by atoms with Gasteiger partial charge in [-0.05, 0) is 23.6 Å². The molecular formula is C17H14N2S. The van der Waals surface area contributed by atoms with E-state index in [9.17, 15) is 0 Å². The number of nitrogens with zero attached hydrogens (tertiary/aromatic N) is 1. The van der Waals surface area contributed by atoms with Crippen molar-refractivity contribution in [2.75, 3.05) is 5.73 Å². The third-order valence-electron chi connectivity index (χ3n) is 3.91. The lowest BCUT2D eigenvalue weighted by molar-refractivity contribution is 0.703. The largest absolute Gasteiger partial charge is 0.398 e. The molecule has 0 saturated carbocycles. The van der Waals surface area contributed by atoms with Crippen LogP contribution < -0.4 is 5.73 Å². The summed E-state index contributed by atoms with van der Waals surface area (Å²) in [6.07, 6.45) is 1.10. The first-order valence-corrected chi connectivity index (χ1v) is 7.59. The van der Waals surface area contributed by atoms with E-state index >= 15 is 0 Å². The van der Waals surface area contributed by atoms with Gasteiger partial charge in [0.2, 0.25) is 0 Å². The van der Waals surface area contributed by atoms with Crippen LogP contribution >= 0.6 is 11.3 Å². The monoisotopic (exact) mass is 278 g/mol. The molecule has 3 aromatic rings. The molecule has 1 aromatic heterocycles. The van der Waals surface area contributed by atoms with Crippen molar-refractivity contribution in [3.05, 3.63) is 70.0 Å². The lowest BCUT2D eigenvalue weighted by Crippen LogP contribution is -2.17. The van der Waals surface area contributed by atoms with Crippen LogP contribution in [0.2, 0.25) is 0 Å². The topological polar surface area (TPSA) is 38.9 Å². The summed E-state index contributed by atoms with van der Waals surface area (Å²) in [5.41, 5.74) is 11.7. The van der Waals surface area contributed by atoms with Crippen molar-refractivity contribution >= 4 is 17.0 Å². The highest BCUT2D eigenvalue weighted by molar-refractivity contribution is 7.10. The molecule has 2 N–H and O–H groups in total. The smallest absolute Gasteiger partial charge is 0.101 e. The maximum absolute atomic E-state index is 6.03. The van der Waals surface area contributed by atoms with E-state index in [2.05, 4.69) is 29.6 Å². The third kappa shape index (κ3) is 1.74. The molecule has 98 valence electrons. The van der Waals surface area contributed by atoms with Crippen molar-refractivity contribution < 1.29 is 0 Å². The van der Waals surface area contributed by atoms with Crippen molar-refractivity contribution in [1.29, 1.82) is 0 Å². The Balaban J connectivity index is 1.69. The maximum atomic E-state index is 6.03. The molecule has 20 heavy (non-hydrogen) atoms. The quantitative estimate of drug-likeness (QED) is 0.717. The molecular weight excluding hydrogens is 264 g/mol. The Hall–Kier alpha value is -2.13. The van der Waals surface area contributed by atoms with E-state index in [1.54, 1.807) is 11.3 Å². The number of hydrogen-bond acceptors (Lipinski definition) is 3. The molecule has 0 radical (unpaired) electrons. The lowest BCUT2D eigenvalue weighted by atomic mass is 9.78. The van der Waals surface area contributed by atoms with Crippen LogP contribution in [0.25, 0.3) is 11.3 Å². The first kappa shape index (κ1) is 11.7. The van der Waals surface area contributed by atoms with Gasteiger partial charge in [0, 0.05) is 22.5 Å². The molecule has 4 rings (SSSR count). The second-order valence-electron chi connectivity index (χ2n) is 5.11. The molecule has 0 fully saturated rings. The summed E-state index contributed by atoms with van der Waals surface area (Å²) in [5.74, 6) is 0.467. The van der Waals surface area contributed by atoms with Gasteiger partial charge in [-0.3, -0.25) is 0 Å². The number of anilines is 1. The Morgan fingerprint density at radius 1 is 1.05 bits per heavy atom. The minimum absolute atomic E-state index is 0.467. The molecule has 0 spiro atoms. The first-order valence-electron chi connectivity index (χ1n) is 6.71. The molecule has 2 nitrogen and oxygen atoms in total. The van der Waals surface area contributed by atoms with Gasteiger partial charge in [0.15, 0.2) is 0 Å². The van der Waals surface area contributed by atoms with Crippen LogP contribution in [-0.2, 0) is 6.42 Å². The highest BCUT2D eigenvalue weighted by Gasteiger charge is 2.29. The zero-order valence-electron chi connectivity index (χ0n) is 10.9. The number of thiazole rings is 1. The van der Waals surface area contributed by atoms with Crippen LogP contribution in [0, 0.1) is 0 Å². The van der Waals surface area contributed by atoms with Gasteiger partial charge in [-0.2, -0.15) is 0 Å². The van der Waals surface area contributed by atoms with Gasteiger partial charge < -0.3 is 5.73 Å². The number of nitrogens with two attached hydrogens (primary N) is 1. The summed E-state index contributed by atoms with van der Waals surface area (Å²) in [6, 6.07) is 16.5. The number of nitrogen functional groups attached to an aromatic ring is 1. The number of para-hydroxylation sites is 1. The van der Waals surface area contributed by atoms with Crippen LogP contribution in [0.4, 0.5) is 5.69 Å². The van der Waals surface area contributed by atoms with Gasteiger partial charge in [0.05, 0.1) is 5.69 Å². The van der Waals surface area contributed by atoms with Crippen molar-refractivity contribution in [2.24, 2.45) is 0 Å². The third-order valence-corrected chi connectivity index (χ3v) is 4.87. The molecule has 1 aliphatic carbocycles.